The van der Waals surface area contributed by atoms with E-state index in [1.165, 1.54) is 135 Å². The van der Waals surface area contributed by atoms with Crippen LogP contribution in [0.1, 0.15) is 331 Å². The van der Waals surface area contributed by atoms with Crippen LogP contribution in [0.4, 0.5) is 0 Å². The van der Waals surface area contributed by atoms with Crippen molar-refractivity contribution in [3.63, 3.8) is 0 Å². The fourth-order valence-electron chi connectivity index (χ4n) is 9.98. The SMILES string of the molecule is CCCCCCCCCCCCCCCCC(=O)O[C@H](COC(=O)CCCCCCCCCCC(C)CC)COP(=O)(O)OC[C@@H](O)COP(=O)(O)OC[C@@H](COC(=O)CCCCCCCCC(C)C)OC(=O)CCCCCCCCCCC(C)C. The standard InChI is InChI=1S/C67H130O17P2/c1-8-10-11-12-13-14-15-16-17-18-19-27-36-43-50-66(71)83-62(54-77-64(69)48-41-34-26-23-21-25-33-40-47-60(7)9-2)56-81-85(73,74)79-52-61(68)53-80-86(75,76)82-57-63(55-78-65(70)49-42-35-30-29-32-39-46-59(5)6)84-67(72)51-44-37-28-22-20-24-31-38-45-58(3)4/h58-63,68H,8-57H2,1-7H3,(H,73,74)(H,75,76)/t60?,61-,62-,63-/m1/s1. The molecule has 17 nitrogen and oxygen atoms in total. The third-order valence-electron chi connectivity index (χ3n) is 15.7. The normalized spacial score (nSPS) is 14.6. The molecule has 0 amide bonds. The molecule has 0 aromatic carbocycles. The Bertz CT molecular complexity index is 1700. The van der Waals surface area contributed by atoms with E-state index in [2.05, 4.69) is 48.5 Å². The van der Waals surface area contributed by atoms with E-state index in [9.17, 15) is 43.2 Å². The van der Waals surface area contributed by atoms with Gasteiger partial charge in [-0.2, -0.15) is 0 Å². The Labute approximate surface area is 524 Å². The van der Waals surface area contributed by atoms with Gasteiger partial charge in [0.2, 0.25) is 0 Å². The van der Waals surface area contributed by atoms with Crippen LogP contribution in [0.3, 0.4) is 0 Å². The molecule has 0 rings (SSSR count). The highest BCUT2D eigenvalue weighted by molar-refractivity contribution is 7.47. The van der Waals surface area contributed by atoms with Crippen LogP contribution in [0.2, 0.25) is 0 Å². The minimum atomic E-state index is -4.95. The highest BCUT2D eigenvalue weighted by atomic mass is 31.2. The van der Waals surface area contributed by atoms with Gasteiger partial charge in [0, 0.05) is 25.7 Å². The summed E-state index contributed by atoms with van der Waals surface area (Å²) >= 11 is 0. The number of phosphoric acid groups is 2. The first-order valence-corrected chi connectivity index (χ1v) is 37.9. The molecule has 0 radical (unpaired) electrons. The minimum Gasteiger partial charge on any atom is -0.462 e. The third-order valence-corrected chi connectivity index (χ3v) is 17.6. The van der Waals surface area contributed by atoms with E-state index in [1.807, 2.05) is 0 Å². The Morgan fingerprint density at radius 3 is 0.884 bits per heavy atom. The summed E-state index contributed by atoms with van der Waals surface area (Å²) in [5, 5.41) is 10.6. The van der Waals surface area contributed by atoms with E-state index >= 15 is 0 Å². The largest absolute Gasteiger partial charge is 0.472 e. The Morgan fingerprint density at radius 1 is 0.337 bits per heavy atom. The van der Waals surface area contributed by atoms with Crippen LogP contribution in [0, 0.1) is 17.8 Å². The smallest absolute Gasteiger partial charge is 0.462 e. The predicted octanol–water partition coefficient (Wildman–Crippen LogP) is 18.7. The molecule has 510 valence electrons. The van der Waals surface area contributed by atoms with E-state index in [1.54, 1.807) is 0 Å². The maximum absolute atomic E-state index is 13.0. The minimum absolute atomic E-state index is 0.103. The third kappa shape index (κ3) is 59.7. The first kappa shape index (κ1) is 84.1. The number of carbonyl (C=O) groups excluding carboxylic acids is 4. The van der Waals surface area contributed by atoms with Crippen LogP contribution < -0.4 is 0 Å². The summed E-state index contributed by atoms with van der Waals surface area (Å²) in [5.41, 5.74) is 0. The van der Waals surface area contributed by atoms with Crippen molar-refractivity contribution in [2.45, 2.75) is 349 Å². The summed E-state index contributed by atoms with van der Waals surface area (Å²) in [6, 6.07) is 0. The van der Waals surface area contributed by atoms with E-state index < -0.39 is 97.5 Å². The zero-order valence-electron chi connectivity index (χ0n) is 55.8. The number of phosphoric ester groups is 2. The molecule has 3 N–H and O–H groups in total. The van der Waals surface area contributed by atoms with Gasteiger partial charge in [0.15, 0.2) is 12.2 Å². The molecule has 0 aliphatic heterocycles. The van der Waals surface area contributed by atoms with Gasteiger partial charge in [0.25, 0.3) is 0 Å². The average Bonchev–Trinajstić information content (AvgIpc) is 3.63. The topological polar surface area (TPSA) is 237 Å². The van der Waals surface area contributed by atoms with Crippen LogP contribution >= 0.6 is 15.6 Å². The number of aliphatic hydroxyl groups is 1. The van der Waals surface area contributed by atoms with Gasteiger partial charge in [-0.05, 0) is 43.4 Å². The van der Waals surface area contributed by atoms with Crippen molar-refractivity contribution >= 4 is 39.5 Å². The molecular formula is C67H130O17P2. The van der Waals surface area contributed by atoms with Crippen LogP contribution in [-0.2, 0) is 65.4 Å². The molecule has 0 aromatic heterocycles. The van der Waals surface area contributed by atoms with E-state index in [0.29, 0.717) is 31.6 Å². The molecule has 0 saturated heterocycles. The van der Waals surface area contributed by atoms with Crippen molar-refractivity contribution in [2.75, 3.05) is 39.6 Å². The van der Waals surface area contributed by atoms with Gasteiger partial charge in [-0.15, -0.1) is 0 Å². The quantitative estimate of drug-likeness (QED) is 0.0222. The van der Waals surface area contributed by atoms with E-state index in [0.717, 1.165) is 108 Å². The Kier molecular flexibility index (Phi) is 56.9. The molecule has 0 aromatic rings. The Balaban J connectivity index is 5.25. The van der Waals surface area contributed by atoms with Crippen molar-refractivity contribution in [1.29, 1.82) is 0 Å². The molecule has 86 heavy (non-hydrogen) atoms. The number of ether oxygens (including phenoxy) is 4. The molecule has 0 spiro atoms. The number of carbonyl (C=O) groups is 4. The van der Waals surface area contributed by atoms with Crippen LogP contribution in [-0.4, -0.2) is 96.7 Å². The Morgan fingerprint density at radius 2 is 0.593 bits per heavy atom. The Hall–Kier alpha value is -1.94. The lowest BCUT2D eigenvalue weighted by atomic mass is 9.99. The highest BCUT2D eigenvalue weighted by Gasteiger charge is 2.30. The molecule has 0 aliphatic carbocycles. The second-order valence-electron chi connectivity index (χ2n) is 25.4. The predicted molar refractivity (Wildman–Crippen MR) is 344 cm³/mol. The summed E-state index contributed by atoms with van der Waals surface area (Å²) < 4.78 is 68.1. The molecule has 0 heterocycles. The summed E-state index contributed by atoms with van der Waals surface area (Å²) in [7, 11) is -9.89. The fraction of sp³-hybridized carbons (Fsp3) is 0.940. The second-order valence-corrected chi connectivity index (χ2v) is 28.3. The van der Waals surface area contributed by atoms with Gasteiger partial charge in [0.1, 0.15) is 19.3 Å². The lowest BCUT2D eigenvalue weighted by molar-refractivity contribution is -0.161. The lowest BCUT2D eigenvalue weighted by Gasteiger charge is -2.21. The molecular weight excluding hydrogens is 1140 g/mol. The summed E-state index contributed by atoms with van der Waals surface area (Å²) in [4.78, 5) is 72.4. The zero-order chi connectivity index (χ0) is 63.8. The second kappa shape index (κ2) is 58.2. The van der Waals surface area contributed by atoms with Gasteiger partial charge in [-0.1, -0.05) is 280 Å². The van der Waals surface area contributed by atoms with Gasteiger partial charge in [0.05, 0.1) is 26.4 Å². The summed E-state index contributed by atoms with van der Waals surface area (Å²) in [6.07, 6.45) is 40.4. The first-order valence-electron chi connectivity index (χ1n) is 34.9. The number of hydrogen-bond donors (Lipinski definition) is 3. The lowest BCUT2D eigenvalue weighted by Crippen LogP contribution is -2.30. The van der Waals surface area contributed by atoms with Crippen LogP contribution in [0.25, 0.3) is 0 Å². The zero-order valence-corrected chi connectivity index (χ0v) is 57.6. The van der Waals surface area contributed by atoms with Crippen molar-refractivity contribution in [3.8, 4) is 0 Å². The van der Waals surface area contributed by atoms with Gasteiger partial charge >= 0.3 is 39.5 Å². The number of unbranched alkanes of at least 4 members (excludes halogenated alkanes) is 32. The fourth-order valence-corrected chi connectivity index (χ4v) is 11.6. The highest BCUT2D eigenvalue weighted by Crippen LogP contribution is 2.45. The number of hydrogen-bond acceptors (Lipinski definition) is 15. The van der Waals surface area contributed by atoms with Crippen molar-refractivity contribution in [1.82, 2.24) is 0 Å². The van der Waals surface area contributed by atoms with Crippen LogP contribution in [0.5, 0.6) is 0 Å². The van der Waals surface area contributed by atoms with Gasteiger partial charge in [-0.25, -0.2) is 9.13 Å². The van der Waals surface area contributed by atoms with Gasteiger partial charge < -0.3 is 33.8 Å². The van der Waals surface area contributed by atoms with E-state index in [4.69, 9.17) is 37.0 Å². The summed E-state index contributed by atoms with van der Waals surface area (Å²) in [6.45, 7) is 11.7. The molecule has 0 fully saturated rings. The molecule has 6 atom stereocenters. The van der Waals surface area contributed by atoms with Crippen molar-refractivity contribution in [2.24, 2.45) is 17.8 Å². The summed E-state index contributed by atoms with van der Waals surface area (Å²) in [5.74, 6) is 0.0420. The molecule has 0 bridgehead atoms. The van der Waals surface area contributed by atoms with Crippen molar-refractivity contribution in [3.05, 3.63) is 0 Å². The molecule has 0 aliphatic rings. The monoisotopic (exact) mass is 1270 g/mol. The van der Waals surface area contributed by atoms with Gasteiger partial charge in [-0.3, -0.25) is 37.3 Å². The maximum Gasteiger partial charge on any atom is 0.472 e. The number of rotatable bonds is 65. The first-order chi connectivity index (χ1) is 41.3. The number of aliphatic hydroxyl groups excluding tert-OH is 1. The molecule has 0 saturated carbocycles. The van der Waals surface area contributed by atoms with E-state index in [-0.39, 0.29) is 25.7 Å². The number of esters is 4. The average molecular weight is 1270 g/mol. The molecule has 3 unspecified atom stereocenters. The van der Waals surface area contributed by atoms with Crippen LogP contribution in [0.15, 0.2) is 0 Å². The maximum atomic E-state index is 13.0. The molecule has 19 heteroatoms. The van der Waals surface area contributed by atoms with Crippen molar-refractivity contribution < 1.29 is 80.2 Å².